The Labute approximate surface area is 152 Å². The molecule has 0 saturated heterocycles. The fourth-order valence-electron chi connectivity index (χ4n) is 2.31. The number of pyridine rings is 1. The molecule has 0 aliphatic heterocycles. The minimum absolute atomic E-state index is 0.0472. The first-order valence-corrected chi connectivity index (χ1v) is 9.27. The molecule has 1 heterocycles. The molecule has 128 valence electrons. The van der Waals surface area contributed by atoms with E-state index in [0.29, 0.717) is 11.3 Å². The number of nitrogens with zero attached hydrogens (tertiary/aromatic N) is 2. The second-order valence-electron chi connectivity index (χ2n) is 5.46. The Kier molecular flexibility index (Phi) is 5.11. The van der Waals surface area contributed by atoms with Crippen LogP contribution in [0.5, 0.6) is 0 Å². The summed E-state index contributed by atoms with van der Waals surface area (Å²) in [5, 5.41) is 8.93. The largest absolute Gasteiger partial charge is 0.280 e. The van der Waals surface area contributed by atoms with Gasteiger partial charge in [-0.3, -0.25) is 9.71 Å². The number of aromatic nitrogens is 1. The molecule has 6 heteroatoms. The van der Waals surface area contributed by atoms with E-state index in [2.05, 4.69) is 9.71 Å². The Balaban J connectivity index is 1.82. The Morgan fingerprint density at radius 3 is 2.58 bits per heavy atom. The van der Waals surface area contributed by atoms with Crippen molar-refractivity contribution < 1.29 is 8.42 Å². The quantitative estimate of drug-likeness (QED) is 0.746. The minimum atomic E-state index is -3.77. The topological polar surface area (TPSA) is 82.8 Å². The Morgan fingerprint density at radius 1 is 0.962 bits per heavy atom. The lowest BCUT2D eigenvalue weighted by molar-refractivity contribution is 0.601. The van der Waals surface area contributed by atoms with E-state index in [0.717, 1.165) is 11.3 Å². The fourth-order valence-corrected chi connectivity index (χ4v) is 3.40. The standard InChI is InChI=1S/C20H15N3O2S/c21-15-17-6-4-9-20(14-17)26(24,25)23-19-8-3-5-16(13-19)10-11-18-7-1-2-12-22-18/h1-14,23H/b11-10+. The molecule has 3 rings (SSSR count). The smallest absolute Gasteiger partial charge is 0.261 e. The van der Waals surface area contributed by atoms with Crippen molar-refractivity contribution in [3.05, 3.63) is 89.7 Å². The molecular weight excluding hydrogens is 346 g/mol. The number of benzene rings is 2. The van der Waals surface area contributed by atoms with Crippen LogP contribution in [0.25, 0.3) is 12.2 Å². The summed E-state index contributed by atoms with van der Waals surface area (Å²) in [4.78, 5) is 4.25. The van der Waals surface area contributed by atoms with Gasteiger partial charge in [0.25, 0.3) is 10.0 Å². The summed E-state index contributed by atoms with van der Waals surface area (Å²) in [5.41, 5.74) is 2.38. The molecular formula is C20H15N3O2S. The van der Waals surface area contributed by atoms with Gasteiger partial charge in [-0.25, -0.2) is 8.42 Å². The molecule has 0 radical (unpaired) electrons. The van der Waals surface area contributed by atoms with Crippen molar-refractivity contribution >= 4 is 27.9 Å². The third-order valence-corrected chi connectivity index (χ3v) is 4.93. The van der Waals surface area contributed by atoms with Gasteiger partial charge in [-0.2, -0.15) is 5.26 Å². The molecule has 0 bridgehead atoms. The van der Waals surface area contributed by atoms with Crippen LogP contribution in [0.3, 0.4) is 0 Å². The SMILES string of the molecule is N#Cc1cccc(S(=O)(=O)Nc2cccc(/C=C/c3ccccn3)c2)c1. The number of hydrogen-bond acceptors (Lipinski definition) is 4. The van der Waals surface area contributed by atoms with Gasteiger partial charge in [0.2, 0.25) is 0 Å². The van der Waals surface area contributed by atoms with Gasteiger partial charge in [-0.15, -0.1) is 0 Å². The van der Waals surface area contributed by atoms with Crippen molar-refractivity contribution in [2.75, 3.05) is 4.72 Å². The van der Waals surface area contributed by atoms with Crippen molar-refractivity contribution in [1.82, 2.24) is 4.98 Å². The second-order valence-corrected chi connectivity index (χ2v) is 7.14. The van der Waals surface area contributed by atoms with E-state index in [9.17, 15) is 8.42 Å². The molecule has 26 heavy (non-hydrogen) atoms. The molecule has 0 saturated carbocycles. The van der Waals surface area contributed by atoms with E-state index in [1.54, 1.807) is 36.5 Å². The zero-order valence-electron chi connectivity index (χ0n) is 13.7. The highest BCUT2D eigenvalue weighted by atomic mass is 32.2. The van der Waals surface area contributed by atoms with Gasteiger partial charge in [0.05, 0.1) is 22.2 Å². The first-order valence-electron chi connectivity index (χ1n) is 7.79. The van der Waals surface area contributed by atoms with Gasteiger partial charge >= 0.3 is 0 Å². The summed E-state index contributed by atoms with van der Waals surface area (Å²) < 4.78 is 27.6. The van der Waals surface area contributed by atoms with Gasteiger partial charge in [0.15, 0.2) is 0 Å². The van der Waals surface area contributed by atoms with Crippen molar-refractivity contribution in [2.24, 2.45) is 0 Å². The Morgan fingerprint density at radius 2 is 1.81 bits per heavy atom. The van der Waals surface area contributed by atoms with E-state index >= 15 is 0 Å². The van der Waals surface area contributed by atoms with Crippen molar-refractivity contribution in [3.63, 3.8) is 0 Å². The summed E-state index contributed by atoms with van der Waals surface area (Å²) in [6.45, 7) is 0. The van der Waals surface area contributed by atoms with Crippen LogP contribution in [0.4, 0.5) is 5.69 Å². The third-order valence-electron chi connectivity index (χ3n) is 3.55. The molecule has 0 amide bonds. The van der Waals surface area contributed by atoms with Crippen LogP contribution in [0, 0.1) is 11.3 Å². The normalized spacial score (nSPS) is 11.2. The maximum absolute atomic E-state index is 12.5. The van der Waals surface area contributed by atoms with Crippen LogP contribution in [0.2, 0.25) is 0 Å². The molecule has 0 spiro atoms. The molecule has 5 nitrogen and oxygen atoms in total. The summed E-state index contributed by atoms with van der Waals surface area (Å²) >= 11 is 0. The number of anilines is 1. The number of rotatable bonds is 5. The highest BCUT2D eigenvalue weighted by Gasteiger charge is 2.14. The van der Waals surface area contributed by atoms with Crippen LogP contribution < -0.4 is 4.72 Å². The molecule has 0 aliphatic carbocycles. The van der Waals surface area contributed by atoms with E-state index in [1.165, 1.54) is 12.1 Å². The molecule has 0 fully saturated rings. The van der Waals surface area contributed by atoms with Crippen LogP contribution in [-0.4, -0.2) is 13.4 Å². The molecule has 3 aromatic rings. The summed E-state index contributed by atoms with van der Waals surface area (Å²) in [6.07, 6.45) is 5.42. The fraction of sp³-hybridized carbons (Fsp3) is 0. The van der Waals surface area contributed by atoms with Crippen LogP contribution in [0.1, 0.15) is 16.8 Å². The molecule has 2 aromatic carbocycles. The maximum atomic E-state index is 12.5. The minimum Gasteiger partial charge on any atom is -0.280 e. The Bertz CT molecular complexity index is 1090. The lowest BCUT2D eigenvalue weighted by Gasteiger charge is -2.09. The third kappa shape index (κ3) is 4.35. The van der Waals surface area contributed by atoms with Gasteiger partial charge < -0.3 is 0 Å². The summed E-state index contributed by atoms with van der Waals surface area (Å²) in [6, 6.07) is 20.5. The molecule has 0 aliphatic rings. The van der Waals surface area contributed by atoms with Crippen molar-refractivity contribution in [2.45, 2.75) is 4.90 Å². The zero-order valence-corrected chi connectivity index (χ0v) is 14.5. The van der Waals surface area contributed by atoms with Crippen molar-refractivity contribution in [3.8, 4) is 6.07 Å². The number of nitrogens with one attached hydrogen (secondary N) is 1. The monoisotopic (exact) mass is 361 g/mol. The highest BCUT2D eigenvalue weighted by Crippen LogP contribution is 2.19. The predicted octanol–water partition coefficient (Wildman–Crippen LogP) is 3.92. The first-order chi connectivity index (χ1) is 12.6. The van der Waals surface area contributed by atoms with Crippen molar-refractivity contribution in [1.29, 1.82) is 5.26 Å². The number of nitriles is 1. The summed E-state index contributed by atoms with van der Waals surface area (Å²) in [7, 11) is -3.77. The molecule has 0 atom stereocenters. The zero-order chi connectivity index (χ0) is 18.4. The molecule has 0 unspecified atom stereocenters. The van der Waals surface area contributed by atoms with Crippen LogP contribution in [0.15, 0.2) is 77.8 Å². The van der Waals surface area contributed by atoms with Gasteiger partial charge in [-0.1, -0.05) is 30.3 Å². The predicted molar refractivity (Wildman–Crippen MR) is 102 cm³/mol. The van der Waals surface area contributed by atoms with Crippen LogP contribution >= 0.6 is 0 Å². The average Bonchev–Trinajstić information content (AvgIpc) is 2.67. The van der Waals surface area contributed by atoms with Gasteiger partial charge in [0.1, 0.15) is 0 Å². The summed E-state index contributed by atoms with van der Waals surface area (Å²) in [5.74, 6) is 0. The van der Waals surface area contributed by atoms with E-state index < -0.39 is 10.0 Å². The van der Waals surface area contributed by atoms with E-state index in [1.807, 2.05) is 42.5 Å². The second kappa shape index (κ2) is 7.64. The van der Waals surface area contributed by atoms with Crippen LogP contribution in [-0.2, 0) is 10.0 Å². The molecule has 1 aromatic heterocycles. The highest BCUT2D eigenvalue weighted by molar-refractivity contribution is 7.92. The average molecular weight is 361 g/mol. The van der Waals surface area contributed by atoms with Gasteiger partial charge in [-0.05, 0) is 54.1 Å². The lowest BCUT2D eigenvalue weighted by atomic mass is 10.2. The van der Waals surface area contributed by atoms with E-state index in [-0.39, 0.29) is 4.90 Å². The van der Waals surface area contributed by atoms with E-state index in [4.69, 9.17) is 5.26 Å². The first kappa shape index (κ1) is 17.4. The van der Waals surface area contributed by atoms with Gasteiger partial charge in [0, 0.05) is 11.9 Å². The maximum Gasteiger partial charge on any atom is 0.261 e. The Hall–Kier alpha value is -3.43. The number of sulfonamides is 1. The molecule has 1 N–H and O–H groups in total. The number of hydrogen-bond donors (Lipinski definition) is 1. The lowest BCUT2D eigenvalue weighted by Crippen LogP contribution is -2.13.